The number of aromatic nitrogens is 1. The van der Waals surface area contributed by atoms with Gasteiger partial charge in [0.25, 0.3) is 5.91 Å². The van der Waals surface area contributed by atoms with Crippen LogP contribution in [-0.4, -0.2) is 23.5 Å². The first kappa shape index (κ1) is 21.0. The average molecular weight is 482 g/mol. The Morgan fingerprint density at radius 1 is 1.21 bits per heavy atom. The Hall–Kier alpha value is -2.71. The third kappa shape index (κ3) is 6.13. The Balaban J connectivity index is 1.44. The molecule has 0 unspecified atom stereocenters. The smallest absolute Gasteiger partial charge is 0.306 e. The molecule has 0 saturated heterocycles. The molecule has 6 nitrogen and oxygen atoms in total. The Labute approximate surface area is 179 Å². The zero-order valence-electron chi connectivity index (χ0n) is 15.0. The number of halogens is 3. The van der Waals surface area contributed by atoms with Crippen LogP contribution >= 0.6 is 27.5 Å². The van der Waals surface area contributed by atoms with Gasteiger partial charge in [-0.15, -0.1) is 0 Å². The molecule has 0 radical (unpaired) electrons. The van der Waals surface area contributed by atoms with E-state index in [4.69, 9.17) is 20.8 Å². The van der Waals surface area contributed by atoms with E-state index in [1.807, 2.05) is 0 Å². The molecule has 1 aromatic heterocycles. The van der Waals surface area contributed by atoms with Gasteiger partial charge >= 0.3 is 5.97 Å². The van der Waals surface area contributed by atoms with Crippen molar-refractivity contribution >= 4 is 45.1 Å². The highest BCUT2D eigenvalue weighted by Gasteiger charge is 2.12. The van der Waals surface area contributed by atoms with Crippen LogP contribution in [0.25, 0.3) is 11.3 Å². The van der Waals surface area contributed by atoms with E-state index in [-0.39, 0.29) is 18.7 Å². The molecule has 3 rings (SSSR count). The first-order chi connectivity index (χ1) is 13.9. The lowest BCUT2D eigenvalue weighted by Gasteiger charge is -2.08. The summed E-state index contributed by atoms with van der Waals surface area (Å²) in [6.45, 7) is -0.433. The number of oxazole rings is 1. The molecule has 9 heteroatoms. The van der Waals surface area contributed by atoms with Crippen molar-refractivity contribution in [1.82, 2.24) is 4.98 Å². The standard InChI is InChI=1S/C20H15BrClFN2O4/c21-13-3-6-16(15(22)9-13)25-18(26)11-28-20(27)8-7-19-24-10-17(29-19)12-1-4-14(23)5-2-12/h1-6,9-10H,7-8,11H2,(H,25,26). The molecule has 0 atom stereocenters. The maximum Gasteiger partial charge on any atom is 0.306 e. The van der Waals surface area contributed by atoms with Crippen LogP contribution in [0.1, 0.15) is 12.3 Å². The molecule has 29 heavy (non-hydrogen) atoms. The summed E-state index contributed by atoms with van der Waals surface area (Å²) in [6, 6.07) is 10.8. The molecular weight excluding hydrogens is 467 g/mol. The van der Waals surface area contributed by atoms with Crippen molar-refractivity contribution in [2.24, 2.45) is 0 Å². The number of benzene rings is 2. The first-order valence-corrected chi connectivity index (χ1v) is 9.69. The largest absolute Gasteiger partial charge is 0.456 e. The van der Waals surface area contributed by atoms with Crippen molar-refractivity contribution in [2.45, 2.75) is 12.8 Å². The maximum absolute atomic E-state index is 13.0. The van der Waals surface area contributed by atoms with E-state index in [0.29, 0.717) is 27.9 Å². The predicted octanol–water partition coefficient (Wildman–Crippen LogP) is 5.01. The summed E-state index contributed by atoms with van der Waals surface area (Å²) in [5.74, 6) is -0.602. The number of carbonyl (C=O) groups is 2. The van der Waals surface area contributed by atoms with E-state index < -0.39 is 18.5 Å². The van der Waals surface area contributed by atoms with Crippen molar-refractivity contribution in [1.29, 1.82) is 0 Å². The molecule has 0 spiro atoms. The minimum atomic E-state index is -0.566. The second-order valence-electron chi connectivity index (χ2n) is 5.96. The van der Waals surface area contributed by atoms with Gasteiger partial charge in [-0.1, -0.05) is 27.5 Å². The van der Waals surface area contributed by atoms with Gasteiger partial charge in [0.05, 0.1) is 23.3 Å². The van der Waals surface area contributed by atoms with E-state index in [1.165, 1.54) is 18.3 Å². The molecule has 1 N–H and O–H groups in total. The second kappa shape index (κ2) is 9.67. The molecule has 0 aliphatic rings. The van der Waals surface area contributed by atoms with Gasteiger partial charge in [-0.05, 0) is 42.5 Å². The van der Waals surface area contributed by atoms with Crippen LogP contribution in [-0.2, 0) is 20.7 Å². The van der Waals surface area contributed by atoms with Crippen LogP contribution in [0.3, 0.4) is 0 Å². The van der Waals surface area contributed by atoms with E-state index in [2.05, 4.69) is 26.2 Å². The fourth-order valence-corrected chi connectivity index (χ4v) is 3.10. The molecule has 0 saturated carbocycles. The molecule has 2 aromatic carbocycles. The van der Waals surface area contributed by atoms with E-state index >= 15 is 0 Å². The molecule has 0 fully saturated rings. The molecular formula is C20H15BrClFN2O4. The topological polar surface area (TPSA) is 81.4 Å². The van der Waals surface area contributed by atoms with Gasteiger partial charge in [0.15, 0.2) is 18.3 Å². The molecule has 0 aliphatic carbocycles. The Bertz CT molecular complexity index is 1020. The highest BCUT2D eigenvalue weighted by Crippen LogP contribution is 2.25. The fourth-order valence-electron chi connectivity index (χ4n) is 2.38. The summed E-state index contributed by atoms with van der Waals surface area (Å²) in [5, 5.41) is 2.93. The quantitative estimate of drug-likeness (QED) is 0.480. The summed E-state index contributed by atoms with van der Waals surface area (Å²) in [7, 11) is 0. The van der Waals surface area contributed by atoms with Crippen molar-refractivity contribution < 1.29 is 23.1 Å². The normalized spacial score (nSPS) is 10.6. The lowest BCUT2D eigenvalue weighted by molar-refractivity contribution is -0.147. The third-order valence-corrected chi connectivity index (χ3v) is 4.60. The summed E-state index contributed by atoms with van der Waals surface area (Å²) < 4.78 is 24.2. The number of hydrogen-bond acceptors (Lipinski definition) is 5. The van der Waals surface area contributed by atoms with Gasteiger partial charge in [0, 0.05) is 16.5 Å². The predicted molar refractivity (Wildman–Crippen MR) is 109 cm³/mol. The van der Waals surface area contributed by atoms with Crippen LogP contribution in [0, 0.1) is 5.82 Å². The van der Waals surface area contributed by atoms with Crippen LogP contribution in [0.4, 0.5) is 10.1 Å². The van der Waals surface area contributed by atoms with Crippen molar-refractivity contribution in [3.05, 3.63) is 69.9 Å². The Kier molecular flexibility index (Phi) is 7.00. The van der Waals surface area contributed by atoms with Gasteiger partial charge in [-0.3, -0.25) is 9.59 Å². The summed E-state index contributed by atoms with van der Waals surface area (Å²) in [5.41, 5.74) is 1.10. The van der Waals surface area contributed by atoms with Crippen LogP contribution in [0.15, 0.2) is 57.6 Å². The number of nitrogens with one attached hydrogen (secondary N) is 1. The monoisotopic (exact) mass is 480 g/mol. The van der Waals surface area contributed by atoms with Gasteiger partial charge in [0.2, 0.25) is 0 Å². The summed E-state index contributed by atoms with van der Waals surface area (Å²) in [4.78, 5) is 27.8. The van der Waals surface area contributed by atoms with Gasteiger partial charge in [-0.25, -0.2) is 9.37 Å². The van der Waals surface area contributed by atoms with Crippen LogP contribution in [0.5, 0.6) is 0 Å². The zero-order valence-corrected chi connectivity index (χ0v) is 17.3. The molecule has 1 heterocycles. The van der Waals surface area contributed by atoms with E-state index in [1.54, 1.807) is 30.3 Å². The SMILES string of the molecule is O=C(COC(=O)CCc1ncc(-c2ccc(F)cc2)o1)Nc1ccc(Br)cc1Cl. The second-order valence-corrected chi connectivity index (χ2v) is 7.28. The fraction of sp³-hybridized carbons (Fsp3) is 0.150. The maximum atomic E-state index is 13.0. The Morgan fingerprint density at radius 3 is 2.69 bits per heavy atom. The lowest BCUT2D eigenvalue weighted by atomic mass is 10.2. The zero-order chi connectivity index (χ0) is 20.8. The third-order valence-electron chi connectivity index (χ3n) is 3.79. The Morgan fingerprint density at radius 2 is 1.97 bits per heavy atom. The average Bonchev–Trinajstić information content (AvgIpc) is 3.16. The molecule has 0 aliphatic heterocycles. The van der Waals surface area contributed by atoms with Crippen molar-refractivity contribution in [3.8, 4) is 11.3 Å². The number of aryl methyl sites for hydroxylation is 1. The van der Waals surface area contributed by atoms with Crippen LogP contribution < -0.4 is 5.32 Å². The number of rotatable bonds is 7. The minimum Gasteiger partial charge on any atom is -0.456 e. The molecule has 1 amide bonds. The number of hydrogen-bond donors (Lipinski definition) is 1. The van der Waals surface area contributed by atoms with Gasteiger partial charge < -0.3 is 14.5 Å². The van der Waals surface area contributed by atoms with Crippen molar-refractivity contribution in [2.75, 3.05) is 11.9 Å². The van der Waals surface area contributed by atoms with Gasteiger partial charge in [0.1, 0.15) is 5.82 Å². The number of esters is 1. The number of amides is 1. The molecule has 3 aromatic rings. The minimum absolute atomic E-state index is 0.00427. The van der Waals surface area contributed by atoms with Gasteiger partial charge in [-0.2, -0.15) is 0 Å². The molecule has 0 bridgehead atoms. The summed E-state index contributed by atoms with van der Waals surface area (Å²) >= 11 is 9.29. The summed E-state index contributed by atoms with van der Waals surface area (Å²) in [6.07, 6.45) is 1.71. The van der Waals surface area contributed by atoms with Crippen molar-refractivity contribution in [3.63, 3.8) is 0 Å². The van der Waals surface area contributed by atoms with Crippen LogP contribution in [0.2, 0.25) is 5.02 Å². The highest BCUT2D eigenvalue weighted by atomic mass is 79.9. The number of carbonyl (C=O) groups excluding carboxylic acids is 2. The number of ether oxygens (including phenoxy) is 1. The van der Waals surface area contributed by atoms with E-state index in [9.17, 15) is 14.0 Å². The first-order valence-electron chi connectivity index (χ1n) is 8.52. The molecule has 150 valence electrons. The highest BCUT2D eigenvalue weighted by molar-refractivity contribution is 9.10. The number of nitrogens with zero attached hydrogens (tertiary/aromatic N) is 1. The number of anilines is 1. The lowest BCUT2D eigenvalue weighted by Crippen LogP contribution is -2.21. The van der Waals surface area contributed by atoms with E-state index in [0.717, 1.165) is 4.47 Å².